The van der Waals surface area contributed by atoms with Crippen LogP contribution in [0.4, 0.5) is 0 Å². The minimum atomic E-state index is -0.405. The lowest BCUT2D eigenvalue weighted by Gasteiger charge is -2.21. The van der Waals surface area contributed by atoms with Crippen LogP contribution in [0.3, 0.4) is 0 Å². The van der Waals surface area contributed by atoms with Gasteiger partial charge in [0, 0.05) is 37.2 Å². The molecule has 3 aromatic rings. The Morgan fingerprint density at radius 3 is 2.32 bits per heavy atom. The molecule has 1 N–H and O–H groups in total. The zero-order valence-electron chi connectivity index (χ0n) is 21.4. The number of methoxy groups -OCH3 is 1. The van der Waals surface area contributed by atoms with Gasteiger partial charge in [0.05, 0.1) is 13.5 Å². The first-order valence-electron chi connectivity index (χ1n) is 12.9. The van der Waals surface area contributed by atoms with Crippen LogP contribution in [0, 0.1) is 18.8 Å². The van der Waals surface area contributed by atoms with Gasteiger partial charge in [0.15, 0.2) is 6.61 Å². The summed E-state index contributed by atoms with van der Waals surface area (Å²) in [4.78, 5) is 27.8. The molecule has 3 atom stereocenters. The number of nitrogens with zero attached hydrogens (tertiary/aromatic N) is 1. The number of rotatable bonds is 10. The highest BCUT2D eigenvalue weighted by atomic mass is 16.5. The normalized spacial score (nSPS) is 21.1. The molecule has 1 heterocycles. The van der Waals surface area contributed by atoms with Crippen molar-refractivity contribution in [2.45, 2.75) is 31.8 Å². The van der Waals surface area contributed by atoms with E-state index in [2.05, 4.69) is 34.5 Å². The van der Waals surface area contributed by atoms with Crippen molar-refractivity contribution in [2.75, 3.05) is 26.8 Å². The number of amides is 1. The fourth-order valence-electron chi connectivity index (χ4n) is 5.62. The Morgan fingerprint density at radius 2 is 1.65 bits per heavy atom. The molecule has 0 radical (unpaired) electrons. The summed E-state index contributed by atoms with van der Waals surface area (Å²) in [7, 11) is 1.63. The van der Waals surface area contributed by atoms with E-state index in [9.17, 15) is 9.59 Å². The van der Waals surface area contributed by atoms with Crippen LogP contribution in [0.2, 0.25) is 0 Å². The maximum Gasteiger partial charge on any atom is 0.307 e. The molecule has 0 spiro atoms. The van der Waals surface area contributed by atoms with Crippen LogP contribution in [-0.2, 0) is 20.9 Å². The van der Waals surface area contributed by atoms with Crippen molar-refractivity contribution in [3.05, 3.63) is 101 Å². The Hall–Kier alpha value is -3.64. The SMILES string of the molecule is COc1ccc(C)cc1C(CC(=O)OCC(=O)NC1C2CN(Cc3ccccc3)CC21)c1ccccc1. The van der Waals surface area contributed by atoms with Gasteiger partial charge in [0.1, 0.15) is 5.75 Å². The predicted molar refractivity (Wildman–Crippen MR) is 142 cm³/mol. The number of aryl methyl sites for hydroxylation is 1. The Morgan fingerprint density at radius 1 is 0.973 bits per heavy atom. The van der Waals surface area contributed by atoms with Crippen LogP contribution in [0.1, 0.15) is 34.6 Å². The third kappa shape index (κ3) is 6.03. The van der Waals surface area contributed by atoms with E-state index in [-0.39, 0.29) is 30.9 Å². The molecule has 6 nitrogen and oxygen atoms in total. The molecule has 3 unspecified atom stereocenters. The van der Waals surface area contributed by atoms with Crippen molar-refractivity contribution in [3.63, 3.8) is 0 Å². The van der Waals surface area contributed by atoms with Crippen molar-refractivity contribution < 1.29 is 19.1 Å². The standard InChI is InChI=1S/C31H34N2O4/c1-21-13-14-28(36-2)25(15-21)24(23-11-7-4-8-12-23)16-30(35)37-20-29(34)32-31-26-18-33(19-27(26)31)17-22-9-5-3-6-10-22/h3-15,24,26-27,31H,16-20H2,1-2H3,(H,32,34). The molecule has 2 fully saturated rings. The van der Waals surface area contributed by atoms with E-state index >= 15 is 0 Å². The smallest absolute Gasteiger partial charge is 0.307 e. The summed E-state index contributed by atoms with van der Waals surface area (Å²) >= 11 is 0. The fourth-order valence-corrected chi connectivity index (χ4v) is 5.62. The number of esters is 1. The molecule has 3 aromatic carbocycles. The van der Waals surface area contributed by atoms with E-state index in [1.807, 2.05) is 61.5 Å². The minimum absolute atomic E-state index is 0.125. The first kappa shape index (κ1) is 25.0. The third-order valence-corrected chi connectivity index (χ3v) is 7.54. The first-order valence-corrected chi connectivity index (χ1v) is 12.9. The number of hydrogen-bond acceptors (Lipinski definition) is 5. The van der Waals surface area contributed by atoms with E-state index in [0.29, 0.717) is 11.8 Å². The lowest BCUT2D eigenvalue weighted by molar-refractivity contribution is -0.148. The van der Waals surface area contributed by atoms with Crippen LogP contribution < -0.4 is 10.1 Å². The zero-order chi connectivity index (χ0) is 25.8. The van der Waals surface area contributed by atoms with Crippen LogP contribution >= 0.6 is 0 Å². The summed E-state index contributed by atoms with van der Waals surface area (Å²) in [6.07, 6.45) is 0.125. The highest BCUT2D eigenvalue weighted by Gasteiger charge is 2.56. The molecule has 1 aliphatic carbocycles. The van der Waals surface area contributed by atoms with Gasteiger partial charge < -0.3 is 14.8 Å². The van der Waals surface area contributed by atoms with Crippen molar-refractivity contribution in [1.29, 1.82) is 0 Å². The molecule has 0 aromatic heterocycles. The number of fused-ring (bicyclic) bond motifs is 1. The minimum Gasteiger partial charge on any atom is -0.496 e. The van der Waals surface area contributed by atoms with Gasteiger partial charge in [-0.15, -0.1) is 0 Å². The maximum atomic E-state index is 12.9. The summed E-state index contributed by atoms with van der Waals surface area (Å²) in [6.45, 7) is 4.68. The van der Waals surface area contributed by atoms with Gasteiger partial charge in [0.25, 0.3) is 5.91 Å². The Labute approximate surface area is 218 Å². The molecule has 6 heteroatoms. The third-order valence-electron chi connectivity index (χ3n) is 7.54. The van der Waals surface area contributed by atoms with Crippen LogP contribution in [-0.4, -0.2) is 49.6 Å². The summed E-state index contributed by atoms with van der Waals surface area (Å²) < 4.78 is 11.0. The van der Waals surface area contributed by atoms with Crippen molar-refractivity contribution in [2.24, 2.45) is 11.8 Å². The number of likely N-dealkylation sites (tertiary alicyclic amines) is 1. The molecule has 5 rings (SSSR count). The number of carbonyl (C=O) groups is 2. The van der Waals surface area contributed by atoms with Crippen LogP contribution in [0.5, 0.6) is 5.75 Å². The van der Waals surface area contributed by atoms with E-state index in [1.165, 1.54) is 5.56 Å². The van der Waals surface area contributed by atoms with Gasteiger partial charge in [-0.3, -0.25) is 14.5 Å². The molecule has 2 aliphatic rings. The average molecular weight is 499 g/mol. The lowest BCUT2D eigenvalue weighted by atomic mass is 9.87. The van der Waals surface area contributed by atoms with Crippen molar-refractivity contribution in [3.8, 4) is 5.75 Å². The van der Waals surface area contributed by atoms with Gasteiger partial charge in [-0.1, -0.05) is 78.4 Å². The fraction of sp³-hybridized carbons (Fsp3) is 0.355. The molecule has 192 valence electrons. The molecule has 37 heavy (non-hydrogen) atoms. The monoisotopic (exact) mass is 498 g/mol. The number of benzene rings is 3. The number of ether oxygens (including phenoxy) is 2. The first-order chi connectivity index (χ1) is 18.0. The van der Waals surface area contributed by atoms with Gasteiger partial charge in [-0.05, 0) is 36.0 Å². The van der Waals surface area contributed by atoms with Gasteiger partial charge >= 0.3 is 5.97 Å². The summed E-state index contributed by atoms with van der Waals surface area (Å²) in [5, 5.41) is 3.08. The average Bonchev–Trinajstić information content (AvgIpc) is 3.34. The number of piperidine rings is 1. The Balaban J connectivity index is 1.12. The Bertz CT molecular complexity index is 1220. The summed E-state index contributed by atoms with van der Waals surface area (Å²) in [5.41, 5.74) is 4.33. The van der Waals surface area contributed by atoms with E-state index in [1.54, 1.807) is 7.11 Å². The number of hydrogen-bond donors (Lipinski definition) is 1. The molecular formula is C31H34N2O4. The zero-order valence-corrected chi connectivity index (χ0v) is 21.4. The summed E-state index contributed by atoms with van der Waals surface area (Å²) in [6, 6.07) is 26.5. The van der Waals surface area contributed by atoms with E-state index in [0.717, 1.165) is 42.1 Å². The highest BCUT2D eigenvalue weighted by molar-refractivity contribution is 5.81. The molecule has 1 saturated carbocycles. The van der Waals surface area contributed by atoms with E-state index < -0.39 is 5.97 Å². The highest BCUT2D eigenvalue weighted by Crippen LogP contribution is 2.45. The van der Waals surface area contributed by atoms with Crippen LogP contribution in [0.15, 0.2) is 78.9 Å². The second-order valence-electron chi connectivity index (χ2n) is 10.2. The lowest BCUT2D eigenvalue weighted by Crippen LogP contribution is -2.36. The van der Waals surface area contributed by atoms with Crippen LogP contribution in [0.25, 0.3) is 0 Å². The summed E-state index contributed by atoms with van der Waals surface area (Å²) in [5.74, 6) is 0.833. The van der Waals surface area contributed by atoms with Gasteiger partial charge in [-0.25, -0.2) is 0 Å². The Kier molecular flexibility index (Phi) is 7.56. The second-order valence-corrected chi connectivity index (χ2v) is 10.2. The topological polar surface area (TPSA) is 67.9 Å². The largest absolute Gasteiger partial charge is 0.496 e. The van der Waals surface area contributed by atoms with Gasteiger partial charge in [-0.2, -0.15) is 0 Å². The molecule has 1 amide bonds. The molecule has 1 aliphatic heterocycles. The van der Waals surface area contributed by atoms with E-state index in [4.69, 9.17) is 9.47 Å². The van der Waals surface area contributed by atoms with Crippen molar-refractivity contribution in [1.82, 2.24) is 10.2 Å². The maximum absolute atomic E-state index is 12.9. The molecule has 1 saturated heterocycles. The second kappa shape index (κ2) is 11.2. The molecular weight excluding hydrogens is 464 g/mol. The quantitative estimate of drug-likeness (QED) is 0.422. The van der Waals surface area contributed by atoms with Crippen molar-refractivity contribution >= 4 is 11.9 Å². The molecule has 0 bridgehead atoms. The predicted octanol–water partition coefficient (Wildman–Crippen LogP) is 4.32. The van der Waals surface area contributed by atoms with Gasteiger partial charge in [0.2, 0.25) is 0 Å². The number of carbonyl (C=O) groups excluding carboxylic acids is 2. The number of nitrogens with one attached hydrogen (secondary N) is 1.